The van der Waals surface area contributed by atoms with E-state index < -0.39 is 0 Å². The van der Waals surface area contributed by atoms with Crippen molar-refractivity contribution in [3.05, 3.63) is 65.5 Å². The molecule has 0 fully saturated rings. The van der Waals surface area contributed by atoms with Crippen LogP contribution in [0.25, 0.3) is 0 Å². The molecule has 2 nitrogen and oxygen atoms in total. The lowest BCUT2D eigenvalue weighted by molar-refractivity contribution is 0.646. The number of hydrogen-bond donors (Lipinski definition) is 1. The minimum atomic E-state index is 0.716. The molecule has 1 aromatic heterocycles. The first-order chi connectivity index (χ1) is 9.24. The van der Waals surface area contributed by atoms with Crippen LogP contribution in [0.1, 0.15) is 30.7 Å². The van der Waals surface area contributed by atoms with E-state index in [1.165, 1.54) is 11.1 Å². The smallest absolute Gasteiger partial charge is 0.0541 e. The topological polar surface area (TPSA) is 24.9 Å². The average Bonchev–Trinajstić information content (AvgIpc) is 2.41. The summed E-state index contributed by atoms with van der Waals surface area (Å²) in [6, 6.07) is 14.9. The zero-order chi connectivity index (χ0) is 13.5. The zero-order valence-electron chi connectivity index (χ0n) is 11.8. The van der Waals surface area contributed by atoms with E-state index in [1.54, 1.807) is 0 Å². The third-order valence-electron chi connectivity index (χ3n) is 3.03. The molecule has 19 heavy (non-hydrogen) atoms. The molecule has 2 aromatic rings. The number of pyridine rings is 1. The van der Waals surface area contributed by atoms with Gasteiger partial charge in [0.15, 0.2) is 0 Å². The summed E-state index contributed by atoms with van der Waals surface area (Å²) in [5.74, 6) is 0.716. The molecule has 0 saturated heterocycles. The van der Waals surface area contributed by atoms with Gasteiger partial charge in [0.05, 0.1) is 5.69 Å². The lowest BCUT2D eigenvalue weighted by Gasteiger charge is -2.07. The first-order valence-electron chi connectivity index (χ1n) is 6.92. The van der Waals surface area contributed by atoms with Crippen LogP contribution >= 0.6 is 0 Å². The van der Waals surface area contributed by atoms with Crippen LogP contribution in [0.3, 0.4) is 0 Å². The summed E-state index contributed by atoms with van der Waals surface area (Å²) in [4.78, 5) is 4.29. The molecule has 0 atom stereocenters. The molecule has 0 bridgehead atoms. The largest absolute Gasteiger partial charge is 0.307 e. The van der Waals surface area contributed by atoms with Gasteiger partial charge in [-0.15, -0.1) is 0 Å². The van der Waals surface area contributed by atoms with Crippen LogP contribution in [0, 0.1) is 5.92 Å². The third kappa shape index (κ3) is 4.84. The summed E-state index contributed by atoms with van der Waals surface area (Å²) < 4.78 is 0. The highest BCUT2D eigenvalue weighted by Crippen LogP contribution is 2.09. The fraction of sp³-hybridized carbons (Fsp3) is 0.353. The van der Waals surface area contributed by atoms with Crippen LogP contribution in [0.15, 0.2) is 48.7 Å². The predicted molar refractivity (Wildman–Crippen MR) is 79.8 cm³/mol. The maximum Gasteiger partial charge on any atom is 0.0541 e. The SMILES string of the molecule is CC(C)Cc1ccc(CNCc2ccccn2)cc1. The van der Waals surface area contributed by atoms with Gasteiger partial charge in [-0.05, 0) is 35.6 Å². The fourth-order valence-electron chi connectivity index (χ4n) is 2.10. The minimum absolute atomic E-state index is 0.716. The second kappa shape index (κ2) is 7.05. The Morgan fingerprint density at radius 2 is 1.68 bits per heavy atom. The summed E-state index contributed by atoms with van der Waals surface area (Å²) in [6.45, 7) is 6.21. The van der Waals surface area contributed by atoms with Crippen LogP contribution in [0.2, 0.25) is 0 Å². The second-order valence-electron chi connectivity index (χ2n) is 5.34. The molecule has 0 aliphatic carbocycles. The van der Waals surface area contributed by atoms with Gasteiger partial charge < -0.3 is 5.32 Å². The molecule has 0 spiro atoms. The van der Waals surface area contributed by atoms with Crippen molar-refractivity contribution in [2.75, 3.05) is 0 Å². The fourth-order valence-corrected chi connectivity index (χ4v) is 2.10. The quantitative estimate of drug-likeness (QED) is 0.852. The third-order valence-corrected chi connectivity index (χ3v) is 3.03. The number of rotatable bonds is 6. The van der Waals surface area contributed by atoms with Crippen molar-refractivity contribution in [2.45, 2.75) is 33.4 Å². The van der Waals surface area contributed by atoms with Crippen molar-refractivity contribution in [2.24, 2.45) is 5.92 Å². The second-order valence-corrected chi connectivity index (χ2v) is 5.34. The van der Waals surface area contributed by atoms with E-state index in [0.717, 1.165) is 25.2 Å². The van der Waals surface area contributed by atoms with Crippen molar-refractivity contribution >= 4 is 0 Å². The molecule has 1 aromatic carbocycles. The van der Waals surface area contributed by atoms with Crippen LogP contribution in [-0.2, 0) is 19.5 Å². The van der Waals surface area contributed by atoms with Gasteiger partial charge in [0.1, 0.15) is 0 Å². The maximum atomic E-state index is 4.29. The van der Waals surface area contributed by atoms with Crippen LogP contribution in [0.5, 0.6) is 0 Å². The molecule has 2 rings (SSSR count). The van der Waals surface area contributed by atoms with Crippen molar-refractivity contribution in [3.8, 4) is 0 Å². The van der Waals surface area contributed by atoms with Gasteiger partial charge in [-0.3, -0.25) is 4.98 Å². The van der Waals surface area contributed by atoms with Gasteiger partial charge >= 0.3 is 0 Å². The lowest BCUT2D eigenvalue weighted by Crippen LogP contribution is -2.13. The zero-order valence-corrected chi connectivity index (χ0v) is 11.8. The van der Waals surface area contributed by atoms with Gasteiger partial charge in [0.2, 0.25) is 0 Å². The Morgan fingerprint density at radius 3 is 2.32 bits per heavy atom. The number of hydrogen-bond acceptors (Lipinski definition) is 2. The molecule has 1 N–H and O–H groups in total. The molecule has 0 radical (unpaired) electrons. The van der Waals surface area contributed by atoms with Crippen LogP contribution in [-0.4, -0.2) is 4.98 Å². The molecule has 2 heteroatoms. The molecular formula is C17H22N2. The maximum absolute atomic E-state index is 4.29. The number of nitrogens with one attached hydrogen (secondary N) is 1. The molecule has 100 valence electrons. The highest BCUT2D eigenvalue weighted by molar-refractivity contribution is 5.22. The Bertz CT molecular complexity index is 474. The van der Waals surface area contributed by atoms with E-state index in [-0.39, 0.29) is 0 Å². The van der Waals surface area contributed by atoms with Crippen molar-refractivity contribution in [1.82, 2.24) is 10.3 Å². The molecule has 0 unspecified atom stereocenters. The Kier molecular flexibility index (Phi) is 5.10. The van der Waals surface area contributed by atoms with Crippen LogP contribution < -0.4 is 5.32 Å². The van der Waals surface area contributed by atoms with E-state index >= 15 is 0 Å². The summed E-state index contributed by atoms with van der Waals surface area (Å²) >= 11 is 0. The van der Waals surface area contributed by atoms with Crippen molar-refractivity contribution in [3.63, 3.8) is 0 Å². The monoisotopic (exact) mass is 254 g/mol. The summed E-state index contributed by atoms with van der Waals surface area (Å²) in [5, 5.41) is 3.42. The summed E-state index contributed by atoms with van der Waals surface area (Å²) in [7, 11) is 0. The minimum Gasteiger partial charge on any atom is -0.307 e. The molecule has 0 amide bonds. The van der Waals surface area contributed by atoms with E-state index in [1.807, 2.05) is 24.4 Å². The standard InChI is InChI=1S/C17H22N2/c1-14(2)11-15-6-8-16(9-7-15)12-18-13-17-5-3-4-10-19-17/h3-10,14,18H,11-13H2,1-2H3. The molecule has 0 aliphatic heterocycles. The van der Waals surface area contributed by atoms with Crippen molar-refractivity contribution < 1.29 is 0 Å². The number of benzene rings is 1. The molecule has 0 aliphatic rings. The highest BCUT2D eigenvalue weighted by Gasteiger charge is 1.98. The number of nitrogens with zero attached hydrogens (tertiary/aromatic N) is 1. The lowest BCUT2D eigenvalue weighted by atomic mass is 10.0. The van der Waals surface area contributed by atoms with Gasteiger partial charge in [-0.2, -0.15) is 0 Å². The Balaban J connectivity index is 1.80. The van der Waals surface area contributed by atoms with E-state index in [0.29, 0.717) is 5.92 Å². The molecular weight excluding hydrogens is 232 g/mol. The molecule has 0 saturated carbocycles. The molecule has 1 heterocycles. The van der Waals surface area contributed by atoms with E-state index in [4.69, 9.17) is 0 Å². The average molecular weight is 254 g/mol. The summed E-state index contributed by atoms with van der Waals surface area (Å²) in [6.07, 6.45) is 2.99. The highest BCUT2D eigenvalue weighted by atomic mass is 14.9. The van der Waals surface area contributed by atoms with Gasteiger partial charge in [0, 0.05) is 19.3 Å². The van der Waals surface area contributed by atoms with Gasteiger partial charge in [-0.1, -0.05) is 44.2 Å². The van der Waals surface area contributed by atoms with Gasteiger partial charge in [0.25, 0.3) is 0 Å². The first kappa shape index (κ1) is 13.8. The first-order valence-corrected chi connectivity index (χ1v) is 6.92. The normalized spacial score (nSPS) is 10.9. The van der Waals surface area contributed by atoms with E-state index in [9.17, 15) is 0 Å². The summed E-state index contributed by atoms with van der Waals surface area (Å²) in [5.41, 5.74) is 3.82. The van der Waals surface area contributed by atoms with Crippen LogP contribution in [0.4, 0.5) is 0 Å². The Hall–Kier alpha value is -1.67. The Morgan fingerprint density at radius 1 is 0.947 bits per heavy atom. The predicted octanol–water partition coefficient (Wildman–Crippen LogP) is 3.57. The number of aromatic nitrogens is 1. The van der Waals surface area contributed by atoms with E-state index in [2.05, 4.69) is 48.4 Å². The Labute approximate surface area is 115 Å². The van der Waals surface area contributed by atoms with Gasteiger partial charge in [-0.25, -0.2) is 0 Å². The van der Waals surface area contributed by atoms with Crippen molar-refractivity contribution in [1.29, 1.82) is 0 Å².